The highest BCUT2D eigenvalue weighted by Crippen LogP contribution is 2.22. The normalized spacial score (nSPS) is 10.8. The van der Waals surface area contributed by atoms with Gasteiger partial charge in [-0.1, -0.05) is 11.6 Å². The first kappa shape index (κ1) is 13.8. The average Bonchev–Trinajstić information content (AvgIpc) is 3.11. The van der Waals surface area contributed by atoms with Gasteiger partial charge in [0.05, 0.1) is 5.69 Å². The van der Waals surface area contributed by atoms with Crippen LogP contribution in [0.2, 0.25) is 5.02 Å². The van der Waals surface area contributed by atoms with E-state index in [-0.39, 0.29) is 22.4 Å². The molecule has 21 heavy (non-hydrogen) atoms. The molecule has 3 aromatic rings. The number of aromatic nitrogens is 2. The summed E-state index contributed by atoms with van der Waals surface area (Å²) in [5.41, 5.74) is 1.49. The summed E-state index contributed by atoms with van der Waals surface area (Å²) in [7, 11) is 1.52. The number of thiazole rings is 1. The molecular formula is C14H10ClN3O2S. The number of amides is 1. The Kier molecular flexibility index (Phi) is 3.48. The Morgan fingerprint density at radius 1 is 1.33 bits per heavy atom. The molecule has 3 rings (SSSR count). The monoisotopic (exact) mass is 319 g/mol. The predicted octanol–water partition coefficient (Wildman–Crippen LogP) is 2.87. The molecular weight excluding hydrogens is 310 g/mol. The summed E-state index contributed by atoms with van der Waals surface area (Å²) >= 11 is 7.07. The second-order valence-corrected chi connectivity index (χ2v) is 5.66. The van der Waals surface area contributed by atoms with E-state index >= 15 is 0 Å². The molecule has 0 aliphatic carbocycles. The number of nitrogens with zero attached hydrogens (tertiary/aromatic N) is 1. The first-order valence-electron chi connectivity index (χ1n) is 6.09. The molecule has 0 aliphatic rings. The van der Waals surface area contributed by atoms with E-state index in [1.54, 1.807) is 23.6 Å². The van der Waals surface area contributed by atoms with Gasteiger partial charge in [0.2, 0.25) is 5.78 Å². The number of aromatic amines is 1. The molecule has 0 spiro atoms. The molecule has 1 aromatic carbocycles. The Morgan fingerprint density at radius 3 is 2.90 bits per heavy atom. The van der Waals surface area contributed by atoms with Gasteiger partial charge >= 0.3 is 0 Å². The van der Waals surface area contributed by atoms with Crippen molar-refractivity contribution in [3.63, 3.8) is 0 Å². The maximum Gasteiger partial charge on any atom is 0.270 e. The molecule has 0 atom stereocenters. The molecule has 1 amide bonds. The molecule has 0 saturated heterocycles. The highest BCUT2D eigenvalue weighted by molar-refractivity contribution is 7.12. The van der Waals surface area contributed by atoms with Crippen LogP contribution in [0.1, 0.15) is 26.0 Å². The zero-order valence-corrected chi connectivity index (χ0v) is 12.5. The fourth-order valence-electron chi connectivity index (χ4n) is 1.95. The lowest BCUT2D eigenvalue weighted by atomic mass is 10.2. The average molecular weight is 320 g/mol. The maximum atomic E-state index is 12.4. The van der Waals surface area contributed by atoms with E-state index in [0.29, 0.717) is 10.7 Å². The lowest BCUT2D eigenvalue weighted by Gasteiger charge is -1.93. The molecule has 7 heteroatoms. The van der Waals surface area contributed by atoms with Crippen LogP contribution in [-0.2, 0) is 0 Å². The van der Waals surface area contributed by atoms with Crippen molar-refractivity contribution in [1.82, 2.24) is 15.3 Å². The lowest BCUT2D eigenvalue weighted by Crippen LogP contribution is -2.18. The molecule has 0 aliphatic heterocycles. The first-order chi connectivity index (χ1) is 10.1. The van der Waals surface area contributed by atoms with E-state index in [0.717, 1.165) is 22.2 Å². The van der Waals surface area contributed by atoms with Crippen LogP contribution in [0.3, 0.4) is 0 Å². The molecule has 0 saturated carbocycles. The fraction of sp³-hybridized carbons (Fsp3) is 0.0714. The summed E-state index contributed by atoms with van der Waals surface area (Å²) in [5, 5.41) is 5.77. The number of carbonyl (C=O) groups excluding carboxylic acids is 2. The van der Waals surface area contributed by atoms with Crippen LogP contribution in [0.4, 0.5) is 0 Å². The van der Waals surface area contributed by atoms with Crippen LogP contribution >= 0.6 is 22.9 Å². The van der Waals surface area contributed by atoms with Crippen molar-refractivity contribution in [3.05, 3.63) is 51.1 Å². The van der Waals surface area contributed by atoms with Crippen molar-refractivity contribution in [2.45, 2.75) is 0 Å². The van der Waals surface area contributed by atoms with Gasteiger partial charge in [0.25, 0.3) is 5.91 Å². The number of carbonyl (C=O) groups is 2. The van der Waals surface area contributed by atoms with Gasteiger partial charge in [-0.05, 0) is 24.3 Å². The molecule has 2 N–H and O–H groups in total. The smallest absolute Gasteiger partial charge is 0.270 e. The standard InChI is InChI=1S/C14H10ClN3O2S/c1-16-13(20)11-6-21-14(18-11)12(19)10-5-7-4-8(15)2-3-9(7)17-10/h2-6,17H,1H3,(H,16,20). The number of rotatable bonds is 3. The summed E-state index contributed by atoms with van der Waals surface area (Å²) in [5.74, 6) is -0.559. The summed E-state index contributed by atoms with van der Waals surface area (Å²) in [6.45, 7) is 0. The third kappa shape index (κ3) is 2.55. The summed E-state index contributed by atoms with van der Waals surface area (Å²) in [4.78, 5) is 30.9. The van der Waals surface area contributed by atoms with E-state index < -0.39 is 0 Å². The lowest BCUT2D eigenvalue weighted by molar-refractivity contribution is 0.0959. The van der Waals surface area contributed by atoms with Crippen LogP contribution in [0.5, 0.6) is 0 Å². The van der Waals surface area contributed by atoms with Gasteiger partial charge in [-0.2, -0.15) is 0 Å². The zero-order valence-electron chi connectivity index (χ0n) is 10.9. The van der Waals surface area contributed by atoms with Crippen LogP contribution in [0.15, 0.2) is 29.6 Å². The first-order valence-corrected chi connectivity index (χ1v) is 7.35. The molecule has 0 bridgehead atoms. The number of benzene rings is 1. The van der Waals surface area contributed by atoms with Gasteiger partial charge in [0.15, 0.2) is 5.01 Å². The zero-order chi connectivity index (χ0) is 15.0. The van der Waals surface area contributed by atoms with Crippen molar-refractivity contribution < 1.29 is 9.59 Å². The second kappa shape index (κ2) is 5.31. The third-order valence-corrected chi connectivity index (χ3v) is 4.06. The quantitative estimate of drug-likeness (QED) is 0.729. The number of fused-ring (bicyclic) bond motifs is 1. The van der Waals surface area contributed by atoms with Crippen molar-refractivity contribution in [2.75, 3.05) is 7.05 Å². The number of H-pyrrole nitrogens is 1. The minimum absolute atomic E-state index is 0.241. The second-order valence-electron chi connectivity index (χ2n) is 4.36. The van der Waals surface area contributed by atoms with E-state index in [9.17, 15) is 9.59 Å². The van der Waals surface area contributed by atoms with Crippen LogP contribution in [0, 0.1) is 0 Å². The van der Waals surface area contributed by atoms with E-state index in [1.165, 1.54) is 7.05 Å². The minimum Gasteiger partial charge on any atom is -0.354 e. The van der Waals surface area contributed by atoms with Gasteiger partial charge in [-0.15, -0.1) is 11.3 Å². The Morgan fingerprint density at radius 2 is 2.14 bits per heavy atom. The van der Waals surface area contributed by atoms with Gasteiger partial charge < -0.3 is 10.3 Å². The van der Waals surface area contributed by atoms with Crippen LogP contribution < -0.4 is 5.32 Å². The SMILES string of the molecule is CNC(=O)c1csc(C(=O)c2cc3cc(Cl)ccc3[nH]2)n1. The van der Waals surface area contributed by atoms with E-state index in [2.05, 4.69) is 15.3 Å². The van der Waals surface area contributed by atoms with Gasteiger partial charge in [0.1, 0.15) is 5.69 Å². The molecule has 5 nitrogen and oxygen atoms in total. The molecule has 2 aromatic heterocycles. The maximum absolute atomic E-state index is 12.4. The van der Waals surface area contributed by atoms with Gasteiger partial charge in [-0.3, -0.25) is 9.59 Å². The highest BCUT2D eigenvalue weighted by atomic mass is 35.5. The number of hydrogen-bond acceptors (Lipinski definition) is 4. The van der Waals surface area contributed by atoms with Crippen molar-refractivity contribution in [2.24, 2.45) is 0 Å². The number of halogens is 1. The molecule has 0 fully saturated rings. The topological polar surface area (TPSA) is 74.8 Å². The van der Waals surface area contributed by atoms with Crippen molar-refractivity contribution in [3.8, 4) is 0 Å². The Balaban J connectivity index is 1.96. The summed E-state index contributed by atoms with van der Waals surface area (Å²) < 4.78 is 0. The number of ketones is 1. The Hall–Kier alpha value is -2.18. The van der Waals surface area contributed by atoms with Crippen LogP contribution in [-0.4, -0.2) is 28.7 Å². The van der Waals surface area contributed by atoms with Crippen LogP contribution in [0.25, 0.3) is 10.9 Å². The Labute approximate surface area is 129 Å². The van der Waals surface area contributed by atoms with E-state index in [1.807, 2.05) is 6.07 Å². The summed E-state index contributed by atoms with van der Waals surface area (Å²) in [6.07, 6.45) is 0. The van der Waals surface area contributed by atoms with Crippen molar-refractivity contribution >= 4 is 45.5 Å². The van der Waals surface area contributed by atoms with Gasteiger partial charge in [-0.25, -0.2) is 4.98 Å². The van der Waals surface area contributed by atoms with Crippen molar-refractivity contribution in [1.29, 1.82) is 0 Å². The fourth-order valence-corrected chi connectivity index (χ4v) is 2.88. The molecule has 106 valence electrons. The molecule has 2 heterocycles. The largest absolute Gasteiger partial charge is 0.354 e. The predicted molar refractivity (Wildman–Crippen MR) is 82.2 cm³/mol. The summed E-state index contributed by atoms with van der Waals surface area (Å²) in [6, 6.07) is 7.07. The highest BCUT2D eigenvalue weighted by Gasteiger charge is 2.18. The van der Waals surface area contributed by atoms with E-state index in [4.69, 9.17) is 11.6 Å². The Bertz CT molecular complexity index is 853. The minimum atomic E-state index is -0.311. The third-order valence-electron chi connectivity index (χ3n) is 2.99. The molecule has 0 unspecified atom stereocenters. The number of hydrogen-bond donors (Lipinski definition) is 2. The van der Waals surface area contributed by atoms with Gasteiger partial charge in [0, 0.05) is 28.4 Å². The number of nitrogens with one attached hydrogen (secondary N) is 2. The molecule has 0 radical (unpaired) electrons.